The maximum Gasteiger partial charge on any atom is 0.350 e. The van der Waals surface area contributed by atoms with Gasteiger partial charge in [0, 0.05) is 7.05 Å². The molecular formula is C11H18N4O3. The Morgan fingerprint density at radius 2 is 2.56 bits per heavy atom. The van der Waals surface area contributed by atoms with E-state index in [-0.39, 0.29) is 11.6 Å². The molecule has 0 aromatic carbocycles. The van der Waals surface area contributed by atoms with Gasteiger partial charge in [-0.05, 0) is 38.3 Å². The van der Waals surface area contributed by atoms with Gasteiger partial charge in [-0.1, -0.05) is 0 Å². The van der Waals surface area contributed by atoms with Crippen LogP contribution in [0.25, 0.3) is 0 Å². The molecule has 7 heteroatoms. The highest BCUT2D eigenvalue weighted by molar-refractivity contribution is 5.38. The summed E-state index contributed by atoms with van der Waals surface area (Å²) in [5.74, 6) is 0.716. The maximum absolute atomic E-state index is 10.8. The highest BCUT2D eigenvalue weighted by Gasteiger charge is 2.20. The van der Waals surface area contributed by atoms with Crippen LogP contribution in [0.3, 0.4) is 0 Å². The van der Waals surface area contributed by atoms with Crippen LogP contribution < -0.4 is 10.1 Å². The van der Waals surface area contributed by atoms with Gasteiger partial charge in [-0.25, -0.2) is 0 Å². The van der Waals surface area contributed by atoms with Crippen molar-refractivity contribution in [3.05, 3.63) is 16.3 Å². The lowest BCUT2D eigenvalue weighted by Crippen LogP contribution is -2.30. The Bertz CT molecular complexity index is 412. The highest BCUT2D eigenvalue weighted by atomic mass is 16.6. The summed E-state index contributed by atoms with van der Waals surface area (Å²) in [5, 5.41) is 18.0. The molecule has 1 aromatic heterocycles. The summed E-state index contributed by atoms with van der Waals surface area (Å²) in [5.41, 5.74) is -0.0701. The number of nitrogens with one attached hydrogen (secondary N) is 1. The second-order valence-electron chi connectivity index (χ2n) is 4.60. The van der Waals surface area contributed by atoms with Crippen LogP contribution in [0.2, 0.25) is 0 Å². The Balaban J connectivity index is 1.84. The molecule has 18 heavy (non-hydrogen) atoms. The SMILES string of the molecule is Cn1cc([N+](=O)[O-])c(OCCC2CCCNC2)n1. The minimum atomic E-state index is -0.468. The number of aryl methyl sites for hydroxylation is 1. The van der Waals surface area contributed by atoms with Gasteiger partial charge in [0.05, 0.1) is 11.5 Å². The third-order valence-electron chi connectivity index (χ3n) is 3.14. The summed E-state index contributed by atoms with van der Waals surface area (Å²) in [6, 6.07) is 0. The number of piperidine rings is 1. The molecule has 1 unspecified atom stereocenters. The summed E-state index contributed by atoms with van der Waals surface area (Å²) < 4.78 is 6.82. The Labute approximate surface area is 105 Å². The molecule has 1 aliphatic heterocycles. The number of rotatable bonds is 5. The van der Waals surface area contributed by atoms with E-state index in [0.29, 0.717) is 12.5 Å². The maximum atomic E-state index is 10.8. The Morgan fingerprint density at radius 1 is 1.72 bits per heavy atom. The predicted octanol–water partition coefficient (Wildman–Crippen LogP) is 1.10. The third-order valence-corrected chi connectivity index (χ3v) is 3.14. The molecule has 1 atom stereocenters. The fourth-order valence-electron chi connectivity index (χ4n) is 2.18. The van der Waals surface area contributed by atoms with Crippen molar-refractivity contribution in [1.82, 2.24) is 15.1 Å². The molecule has 0 spiro atoms. The molecule has 0 amide bonds. The van der Waals surface area contributed by atoms with Crippen molar-refractivity contribution >= 4 is 5.69 Å². The summed E-state index contributed by atoms with van der Waals surface area (Å²) in [7, 11) is 1.64. The predicted molar refractivity (Wildman–Crippen MR) is 65.6 cm³/mol. The first-order valence-electron chi connectivity index (χ1n) is 6.18. The lowest BCUT2D eigenvalue weighted by Gasteiger charge is -2.22. The molecule has 1 aliphatic rings. The van der Waals surface area contributed by atoms with E-state index in [1.807, 2.05) is 0 Å². The molecule has 1 fully saturated rings. The number of hydrogen-bond donors (Lipinski definition) is 1. The molecule has 7 nitrogen and oxygen atoms in total. The first-order valence-corrected chi connectivity index (χ1v) is 6.18. The zero-order chi connectivity index (χ0) is 13.0. The Hall–Kier alpha value is -1.63. The quantitative estimate of drug-likeness (QED) is 0.628. The minimum absolute atomic E-state index is 0.0701. The minimum Gasteiger partial charge on any atom is -0.472 e. The first kappa shape index (κ1) is 12.8. The molecule has 2 rings (SSSR count). The van der Waals surface area contributed by atoms with E-state index < -0.39 is 4.92 Å². The topological polar surface area (TPSA) is 82.2 Å². The van der Waals surface area contributed by atoms with Gasteiger partial charge in [-0.2, -0.15) is 0 Å². The van der Waals surface area contributed by atoms with Crippen LogP contribution in [-0.2, 0) is 7.05 Å². The van der Waals surface area contributed by atoms with Crippen LogP contribution in [0.5, 0.6) is 5.88 Å². The van der Waals surface area contributed by atoms with Crippen molar-refractivity contribution in [1.29, 1.82) is 0 Å². The summed E-state index contributed by atoms with van der Waals surface area (Å²) in [4.78, 5) is 10.3. The van der Waals surface area contributed by atoms with E-state index in [9.17, 15) is 10.1 Å². The van der Waals surface area contributed by atoms with E-state index in [1.54, 1.807) is 7.05 Å². The summed E-state index contributed by atoms with van der Waals surface area (Å²) in [6.07, 6.45) is 4.65. The number of nitrogens with zero attached hydrogens (tertiary/aromatic N) is 3. The monoisotopic (exact) mass is 254 g/mol. The number of ether oxygens (including phenoxy) is 1. The van der Waals surface area contributed by atoms with E-state index in [4.69, 9.17) is 4.74 Å². The van der Waals surface area contributed by atoms with Gasteiger partial charge in [-0.15, -0.1) is 5.10 Å². The molecule has 1 saturated heterocycles. The van der Waals surface area contributed by atoms with Crippen LogP contribution in [0.4, 0.5) is 5.69 Å². The van der Waals surface area contributed by atoms with Crippen molar-refractivity contribution in [3.63, 3.8) is 0 Å². The van der Waals surface area contributed by atoms with Gasteiger partial charge < -0.3 is 10.1 Å². The van der Waals surface area contributed by atoms with E-state index in [1.165, 1.54) is 23.7 Å². The molecule has 1 N–H and O–H groups in total. The Kier molecular flexibility index (Phi) is 4.14. The van der Waals surface area contributed by atoms with Crippen LogP contribution in [0, 0.1) is 16.0 Å². The fraction of sp³-hybridized carbons (Fsp3) is 0.727. The zero-order valence-electron chi connectivity index (χ0n) is 10.5. The van der Waals surface area contributed by atoms with Gasteiger partial charge in [-0.3, -0.25) is 14.8 Å². The second-order valence-corrected chi connectivity index (χ2v) is 4.60. The van der Waals surface area contributed by atoms with E-state index >= 15 is 0 Å². The molecule has 0 saturated carbocycles. The number of nitro groups is 1. The van der Waals surface area contributed by atoms with Crippen LogP contribution in [0.1, 0.15) is 19.3 Å². The normalized spacial score (nSPS) is 19.7. The van der Waals surface area contributed by atoms with Crippen molar-refractivity contribution in [2.45, 2.75) is 19.3 Å². The van der Waals surface area contributed by atoms with E-state index in [2.05, 4.69) is 10.4 Å². The lowest BCUT2D eigenvalue weighted by atomic mass is 9.97. The summed E-state index contributed by atoms with van der Waals surface area (Å²) >= 11 is 0. The molecule has 1 aromatic rings. The molecule has 2 heterocycles. The standard InChI is InChI=1S/C11H18N4O3/c1-14-8-10(15(16)17)11(13-14)18-6-4-9-3-2-5-12-7-9/h8-9,12H,2-7H2,1H3. The van der Waals surface area contributed by atoms with Gasteiger partial charge in [0.25, 0.3) is 0 Å². The second kappa shape index (κ2) is 5.81. The van der Waals surface area contributed by atoms with Crippen LogP contribution in [0.15, 0.2) is 6.20 Å². The average Bonchev–Trinajstić information content (AvgIpc) is 2.72. The summed E-state index contributed by atoms with van der Waals surface area (Å²) in [6.45, 7) is 2.57. The van der Waals surface area contributed by atoms with Gasteiger partial charge in [0.15, 0.2) is 0 Å². The smallest absolute Gasteiger partial charge is 0.350 e. The Morgan fingerprint density at radius 3 is 3.22 bits per heavy atom. The van der Waals surface area contributed by atoms with Gasteiger partial charge in [0.1, 0.15) is 6.20 Å². The first-order chi connectivity index (χ1) is 8.66. The molecule has 100 valence electrons. The molecular weight excluding hydrogens is 236 g/mol. The van der Waals surface area contributed by atoms with E-state index in [0.717, 1.165) is 19.5 Å². The molecule has 0 bridgehead atoms. The largest absolute Gasteiger partial charge is 0.472 e. The third kappa shape index (κ3) is 3.19. The number of aromatic nitrogens is 2. The van der Waals surface area contributed by atoms with Gasteiger partial charge >= 0.3 is 11.6 Å². The molecule has 0 radical (unpaired) electrons. The highest BCUT2D eigenvalue weighted by Crippen LogP contribution is 2.24. The molecule has 0 aliphatic carbocycles. The van der Waals surface area contributed by atoms with Crippen molar-refractivity contribution in [2.75, 3.05) is 19.7 Å². The lowest BCUT2D eigenvalue weighted by molar-refractivity contribution is -0.386. The van der Waals surface area contributed by atoms with Crippen molar-refractivity contribution < 1.29 is 9.66 Å². The van der Waals surface area contributed by atoms with Crippen LogP contribution in [-0.4, -0.2) is 34.4 Å². The van der Waals surface area contributed by atoms with Crippen molar-refractivity contribution in [2.24, 2.45) is 13.0 Å². The zero-order valence-corrected chi connectivity index (χ0v) is 10.5. The van der Waals surface area contributed by atoms with Crippen molar-refractivity contribution in [3.8, 4) is 5.88 Å². The number of hydrogen-bond acceptors (Lipinski definition) is 5. The average molecular weight is 254 g/mol. The van der Waals surface area contributed by atoms with Gasteiger partial charge in [0.2, 0.25) is 0 Å². The van der Waals surface area contributed by atoms with Crippen LogP contribution >= 0.6 is 0 Å². The fourth-order valence-corrected chi connectivity index (χ4v) is 2.18.